The normalized spacial score (nSPS) is 11.6. The number of carbonyl (C=O) groups excluding carboxylic acids is 1. The van der Waals surface area contributed by atoms with E-state index >= 15 is 0 Å². The predicted octanol–water partition coefficient (Wildman–Crippen LogP) is 2.30. The molecule has 0 saturated carbocycles. The lowest BCUT2D eigenvalue weighted by Gasteiger charge is -2.07. The molecule has 94 valence electrons. The number of nitrogens with one attached hydrogen (secondary N) is 1. The van der Waals surface area contributed by atoms with Gasteiger partial charge >= 0.3 is 6.18 Å². The van der Waals surface area contributed by atoms with E-state index in [9.17, 15) is 26.7 Å². The first-order valence-electron chi connectivity index (χ1n) is 4.55. The SMILES string of the molecule is O=C(CNCC(F)(F)F)c1ccc(F)cc1F. The molecular formula is C10H8F5NO. The molecule has 0 aromatic heterocycles. The highest BCUT2D eigenvalue weighted by molar-refractivity contribution is 5.97. The average Bonchev–Trinajstić information content (AvgIpc) is 2.15. The van der Waals surface area contributed by atoms with Gasteiger partial charge < -0.3 is 5.32 Å². The lowest BCUT2D eigenvalue weighted by molar-refractivity contribution is -0.124. The van der Waals surface area contributed by atoms with Crippen molar-refractivity contribution in [3.63, 3.8) is 0 Å². The van der Waals surface area contributed by atoms with Gasteiger partial charge in [-0.15, -0.1) is 0 Å². The summed E-state index contributed by atoms with van der Waals surface area (Å²) >= 11 is 0. The van der Waals surface area contributed by atoms with Crippen LogP contribution in [0.5, 0.6) is 0 Å². The standard InChI is InChI=1S/C10H8F5NO/c11-6-1-2-7(8(12)3-6)9(17)4-16-5-10(13,14)15/h1-3,16H,4-5H2. The molecule has 0 aliphatic heterocycles. The van der Waals surface area contributed by atoms with Crippen LogP contribution in [0.3, 0.4) is 0 Å². The third kappa shape index (κ3) is 4.48. The molecule has 1 N–H and O–H groups in total. The second-order valence-electron chi connectivity index (χ2n) is 3.27. The van der Waals surface area contributed by atoms with Crippen LogP contribution in [0, 0.1) is 11.6 Å². The van der Waals surface area contributed by atoms with Gasteiger partial charge in [0.05, 0.1) is 18.7 Å². The van der Waals surface area contributed by atoms with Gasteiger partial charge in [0, 0.05) is 6.07 Å². The predicted molar refractivity (Wildman–Crippen MR) is 49.6 cm³/mol. The van der Waals surface area contributed by atoms with Crippen molar-refractivity contribution in [1.82, 2.24) is 5.32 Å². The highest BCUT2D eigenvalue weighted by atomic mass is 19.4. The van der Waals surface area contributed by atoms with Crippen molar-refractivity contribution in [2.24, 2.45) is 0 Å². The molecule has 0 bridgehead atoms. The summed E-state index contributed by atoms with van der Waals surface area (Å²) in [6.45, 7) is -2.01. The van der Waals surface area contributed by atoms with Crippen LogP contribution in [0.4, 0.5) is 22.0 Å². The number of halogens is 5. The summed E-state index contributed by atoms with van der Waals surface area (Å²) in [6, 6.07) is 2.25. The summed E-state index contributed by atoms with van der Waals surface area (Å²) in [5.41, 5.74) is -0.443. The van der Waals surface area contributed by atoms with Crippen molar-refractivity contribution in [3.05, 3.63) is 35.4 Å². The molecule has 1 aromatic rings. The molecule has 7 heteroatoms. The Balaban J connectivity index is 2.59. The van der Waals surface area contributed by atoms with Gasteiger partial charge in [-0.25, -0.2) is 8.78 Å². The van der Waals surface area contributed by atoms with Crippen LogP contribution >= 0.6 is 0 Å². The van der Waals surface area contributed by atoms with Crippen molar-refractivity contribution < 1.29 is 26.7 Å². The third-order valence-corrected chi connectivity index (χ3v) is 1.84. The monoisotopic (exact) mass is 253 g/mol. The summed E-state index contributed by atoms with van der Waals surface area (Å²) in [5, 5.41) is 1.83. The Bertz CT molecular complexity index is 416. The lowest BCUT2D eigenvalue weighted by Crippen LogP contribution is -2.33. The zero-order valence-electron chi connectivity index (χ0n) is 8.44. The molecule has 0 aliphatic carbocycles. The van der Waals surface area contributed by atoms with Crippen molar-refractivity contribution >= 4 is 5.78 Å². The van der Waals surface area contributed by atoms with Crippen LogP contribution in [0.15, 0.2) is 18.2 Å². The Kier molecular flexibility index (Phi) is 4.17. The van der Waals surface area contributed by atoms with Gasteiger partial charge in [-0.05, 0) is 12.1 Å². The van der Waals surface area contributed by atoms with Crippen molar-refractivity contribution in [3.8, 4) is 0 Å². The minimum absolute atomic E-state index is 0.443. The quantitative estimate of drug-likeness (QED) is 0.659. The first kappa shape index (κ1) is 13.6. The molecule has 2 nitrogen and oxygen atoms in total. The van der Waals surface area contributed by atoms with E-state index < -0.39 is 42.2 Å². The van der Waals surface area contributed by atoms with Crippen LogP contribution in [0.1, 0.15) is 10.4 Å². The minimum atomic E-state index is -4.44. The van der Waals surface area contributed by atoms with Crippen LogP contribution in [-0.2, 0) is 0 Å². The van der Waals surface area contributed by atoms with Gasteiger partial charge in [-0.1, -0.05) is 0 Å². The molecule has 0 saturated heterocycles. The zero-order valence-corrected chi connectivity index (χ0v) is 8.44. The molecule has 0 heterocycles. The molecule has 0 fully saturated rings. The van der Waals surface area contributed by atoms with Crippen LogP contribution in [-0.4, -0.2) is 25.0 Å². The maximum atomic E-state index is 13.1. The Hall–Kier alpha value is -1.50. The van der Waals surface area contributed by atoms with Crippen molar-refractivity contribution in [2.45, 2.75) is 6.18 Å². The Labute approximate surface area is 93.4 Å². The van der Waals surface area contributed by atoms with Gasteiger partial charge in [0.2, 0.25) is 0 Å². The van der Waals surface area contributed by atoms with Gasteiger partial charge in [0.15, 0.2) is 5.78 Å². The van der Waals surface area contributed by atoms with Crippen LogP contribution in [0.25, 0.3) is 0 Å². The van der Waals surface area contributed by atoms with Gasteiger partial charge in [0.1, 0.15) is 11.6 Å². The molecule has 17 heavy (non-hydrogen) atoms. The Morgan fingerprint density at radius 2 is 1.88 bits per heavy atom. The first-order chi connectivity index (χ1) is 7.79. The fourth-order valence-corrected chi connectivity index (χ4v) is 1.13. The number of alkyl halides is 3. The van der Waals surface area contributed by atoms with E-state index in [0.29, 0.717) is 6.07 Å². The molecule has 0 atom stereocenters. The van der Waals surface area contributed by atoms with Gasteiger partial charge in [-0.3, -0.25) is 4.79 Å². The highest BCUT2D eigenvalue weighted by Gasteiger charge is 2.26. The summed E-state index contributed by atoms with van der Waals surface area (Å²) in [6.07, 6.45) is -4.44. The number of carbonyl (C=O) groups is 1. The van der Waals surface area contributed by atoms with Gasteiger partial charge in [-0.2, -0.15) is 13.2 Å². The van der Waals surface area contributed by atoms with Crippen LogP contribution < -0.4 is 5.32 Å². The highest BCUT2D eigenvalue weighted by Crippen LogP contribution is 2.13. The average molecular weight is 253 g/mol. The van der Waals surface area contributed by atoms with E-state index in [-0.39, 0.29) is 0 Å². The number of rotatable bonds is 4. The number of hydrogen-bond acceptors (Lipinski definition) is 2. The minimum Gasteiger partial charge on any atom is -0.302 e. The molecule has 0 unspecified atom stereocenters. The molecule has 1 rings (SSSR count). The van der Waals surface area contributed by atoms with E-state index in [1.165, 1.54) is 0 Å². The summed E-state index contributed by atoms with van der Waals surface area (Å²) in [4.78, 5) is 11.3. The number of benzene rings is 1. The topological polar surface area (TPSA) is 29.1 Å². The molecule has 1 aromatic carbocycles. The van der Waals surface area contributed by atoms with Crippen molar-refractivity contribution in [2.75, 3.05) is 13.1 Å². The smallest absolute Gasteiger partial charge is 0.302 e. The molecule has 0 radical (unpaired) electrons. The summed E-state index contributed by atoms with van der Waals surface area (Å²) in [7, 11) is 0. The zero-order chi connectivity index (χ0) is 13.1. The fraction of sp³-hybridized carbons (Fsp3) is 0.300. The van der Waals surface area contributed by atoms with E-state index in [1.54, 1.807) is 0 Å². The molecule has 0 spiro atoms. The fourth-order valence-electron chi connectivity index (χ4n) is 1.13. The van der Waals surface area contributed by atoms with E-state index in [1.807, 2.05) is 5.32 Å². The number of hydrogen-bond donors (Lipinski definition) is 1. The molecule has 0 aliphatic rings. The first-order valence-corrected chi connectivity index (χ1v) is 4.55. The van der Waals surface area contributed by atoms with E-state index in [2.05, 4.69) is 0 Å². The van der Waals surface area contributed by atoms with E-state index in [0.717, 1.165) is 12.1 Å². The maximum Gasteiger partial charge on any atom is 0.401 e. The molecule has 0 amide bonds. The Morgan fingerprint density at radius 3 is 2.41 bits per heavy atom. The number of ketones is 1. The van der Waals surface area contributed by atoms with Crippen LogP contribution in [0.2, 0.25) is 0 Å². The lowest BCUT2D eigenvalue weighted by atomic mass is 10.1. The Morgan fingerprint density at radius 1 is 1.24 bits per heavy atom. The van der Waals surface area contributed by atoms with Gasteiger partial charge in [0.25, 0.3) is 0 Å². The second-order valence-corrected chi connectivity index (χ2v) is 3.27. The number of Topliss-reactive ketones (excluding diaryl/α,β-unsaturated/α-hetero) is 1. The maximum absolute atomic E-state index is 13.1. The summed E-state index contributed by atoms with van der Waals surface area (Å²) < 4.78 is 60.8. The summed E-state index contributed by atoms with van der Waals surface area (Å²) in [5.74, 6) is -2.82. The molecular weight excluding hydrogens is 245 g/mol. The van der Waals surface area contributed by atoms with E-state index in [4.69, 9.17) is 0 Å². The van der Waals surface area contributed by atoms with Crippen molar-refractivity contribution in [1.29, 1.82) is 0 Å². The second kappa shape index (κ2) is 5.22. The largest absolute Gasteiger partial charge is 0.401 e. The third-order valence-electron chi connectivity index (χ3n) is 1.84.